The van der Waals surface area contributed by atoms with E-state index < -0.39 is 17.9 Å². The van der Waals surface area contributed by atoms with Crippen molar-refractivity contribution in [1.82, 2.24) is 10.2 Å². The Labute approximate surface area is 134 Å². The Bertz CT molecular complexity index is 577. The van der Waals surface area contributed by atoms with E-state index in [1.54, 1.807) is 32.2 Å². The molecule has 0 fully saturated rings. The predicted octanol–water partition coefficient (Wildman–Crippen LogP) is -0.831. The van der Waals surface area contributed by atoms with Gasteiger partial charge in [-0.3, -0.25) is 14.4 Å². The Balaban J connectivity index is 2.84. The van der Waals surface area contributed by atoms with Gasteiger partial charge in [-0.15, -0.1) is 0 Å². The number of amides is 3. The number of carbonyl (C=O) groups excluding carboxylic acids is 3. The van der Waals surface area contributed by atoms with E-state index in [-0.39, 0.29) is 13.2 Å². The van der Waals surface area contributed by atoms with Gasteiger partial charge in [0, 0.05) is 19.3 Å². The molecule has 8 nitrogen and oxygen atoms in total. The monoisotopic (exact) mass is 322 g/mol. The van der Waals surface area contributed by atoms with E-state index in [2.05, 4.69) is 10.6 Å². The summed E-state index contributed by atoms with van der Waals surface area (Å²) < 4.78 is 0. The van der Waals surface area contributed by atoms with Crippen LogP contribution in [0.5, 0.6) is 0 Å². The fourth-order valence-corrected chi connectivity index (χ4v) is 1.93. The summed E-state index contributed by atoms with van der Waals surface area (Å²) in [5.41, 5.74) is 7.08. The van der Waals surface area contributed by atoms with Gasteiger partial charge >= 0.3 is 0 Å². The quantitative estimate of drug-likeness (QED) is 0.465. The zero-order valence-electron chi connectivity index (χ0n) is 13.2. The molecule has 1 rings (SSSR count). The van der Waals surface area contributed by atoms with Gasteiger partial charge in [0.05, 0.1) is 13.2 Å². The Morgan fingerprint density at radius 2 is 2.09 bits per heavy atom. The number of rotatable bonds is 8. The highest BCUT2D eigenvalue weighted by molar-refractivity contribution is 5.97. The van der Waals surface area contributed by atoms with Crippen LogP contribution in [0.3, 0.4) is 0 Å². The zero-order chi connectivity index (χ0) is 17.4. The van der Waals surface area contributed by atoms with Gasteiger partial charge in [0.15, 0.2) is 0 Å². The molecule has 0 spiro atoms. The Hall–Kier alpha value is -2.45. The SMILES string of the molecule is CC(NC(=O)CN)C(=O)Nc1ccc(CO)c(CN(C)C=O)c1. The average Bonchev–Trinajstić information content (AvgIpc) is 2.54. The lowest BCUT2D eigenvalue weighted by atomic mass is 10.1. The molecule has 1 atom stereocenters. The summed E-state index contributed by atoms with van der Waals surface area (Å²) in [5, 5.41) is 14.5. The molecule has 126 valence electrons. The van der Waals surface area contributed by atoms with Crippen LogP contribution in [0.1, 0.15) is 18.1 Å². The van der Waals surface area contributed by atoms with Crippen molar-refractivity contribution in [2.45, 2.75) is 26.1 Å². The topological polar surface area (TPSA) is 125 Å². The molecule has 8 heteroatoms. The molecule has 0 saturated heterocycles. The number of nitrogens with two attached hydrogens (primary N) is 1. The first-order valence-electron chi connectivity index (χ1n) is 7.09. The van der Waals surface area contributed by atoms with Crippen molar-refractivity contribution in [1.29, 1.82) is 0 Å². The highest BCUT2D eigenvalue weighted by atomic mass is 16.3. The lowest BCUT2D eigenvalue weighted by Gasteiger charge is -2.17. The van der Waals surface area contributed by atoms with Gasteiger partial charge in [-0.2, -0.15) is 0 Å². The van der Waals surface area contributed by atoms with E-state index in [0.717, 1.165) is 5.56 Å². The Morgan fingerprint density at radius 3 is 2.65 bits per heavy atom. The van der Waals surface area contributed by atoms with E-state index >= 15 is 0 Å². The number of anilines is 1. The van der Waals surface area contributed by atoms with Crippen LogP contribution in [0.25, 0.3) is 0 Å². The summed E-state index contributed by atoms with van der Waals surface area (Å²) in [7, 11) is 1.61. The van der Waals surface area contributed by atoms with Crippen molar-refractivity contribution in [2.24, 2.45) is 5.73 Å². The van der Waals surface area contributed by atoms with Gasteiger partial charge in [0.2, 0.25) is 18.2 Å². The molecule has 0 aliphatic rings. The highest BCUT2D eigenvalue weighted by Crippen LogP contribution is 2.18. The van der Waals surface area contributed by atoms with Crippen molar-refractivity contribution in [3.63, 3.8) is 0 Å². The lowest BCUT2D eigenvalue weighted by molar-refractivity contribution is -0.125. The average molecular weight is 322 g/mol. The van der Waals surface area contributed by atoms with E-state index in [0.29, 0.717) is 24.2 Å². The molecular formula is C15H22N4O4. The third kappa shape index (κ3) is 5.68. The first kappa shape index (κ1) is 18.6. The number of nitrogens with one attached hydrogen (secondary N) is 2. The van der Waals surface area contributed by atoms with E-state index in [1.807, 2.05) is 0 Å². The molecule has 0 aliphatic carbocycles. The summed E-state index contributed by atoms with van der Waals surface area (Å²) in [6.45, 7) is 1.50. The van der Waals surface area contributed by atoms with Gasteiger partial charge in [-0.1, -0.05) is 6.07 Å². The smallest absolute Gasteiger partial charge is 0.246 e. The fourth-order valence-electron chi connectivity index (χ4n) is 1.93. The van der Waals surface area contributed by atoms with Crippen LogP contribution in [0.15, 0.2) is 18.2 Å². The van der Waals surface area contributed by atoms with Crippen LogP contribution in [-0.4, -0.2) is 47.9 Å². The Morgan fingerprint density at radius 1 is 1.39 bits per heavy atom. The number of benzene rings is 1. The molecule has 1 aromatic rings. The van der Waals surface area contributed by atoms with Crippen molar-refractivity contribution in [2.75, 3.05) is 18.9 Å². The molecular weight excluding hydrogens is 300 g/mol. The first-order chi connectivity index (χ1) is 10.9. The molecule has 3 amide bonds. The van der Waals surface area contributed by atoms with E-state index in [9.17, 15) is 19.5 Å². The molecule has 5 N–H and O–H groups in total. The van der Waals surface area contributed by atoms with Gasteiger partial charge in [-0.25, -0.2) is 0 Å². The summed E-state index contributed by atoms with van der Waals surface area (Å²) in [4.78, 5) is 35.4. The molecule has 0 bridgehead atoms. The number of aliphatic hydroxyl groups is 1. The van der Waals surface area contributed by atoms with Crippen LogP contribution in [0.4, 0.5) is 5.69 Å². The third-order valence-corrected chi connectivity index (χ3v) is 3.20. The number of nitrogens with zero attached hydrogens (tertiary/aromatic N) is 1. The molecule has 0 heterocycles. The van der Waals surface area contributed by atoms with Gasteiger partial charge < -0.3 is 26.4 Å². The van der Waals surface area contributed by atoms with Crippen LogP contribution in [0, 0.1) is 0 Å². The van der Waals surface area contributed by atoms with Crippen molar-refractivity contribution < 1.29 is 19.5 Å². The molecule has 1 unspecified atom stereocenters. The van der Waals surface area contributed by atoms with Crippen LogP contribution in [-0.2, 0) is 27.5 Å². The minimum absolute atomic E-state index is 0.167. The second kappa shape index (κ2) is 8.86. The van der Waals surface area contributed by atoms with Crippen molar-refractivity contribution in [3.05, 3.63) is 29.3 Å². The molecule has 23 heavy (non-hydrogen) atoms. The van der Waals surface area contributed by atoms with Crippen LogP contribution < -0.4 is 16.4 Å². The maximum Gasteiger partial charge on any atom is 0.246 e. The summed E-state index contributed by atoms with van der Waals surface area (Å²) in [6, 6.07) is 4.27. The molecule has 1 aromatic carbocycles. The maximum absolute atomic E-state index is 12.0. The van der Waals surface area contributed by atoms with Gasteiger partial charge in [-0.05, 0) is 30.2 Å². The summed E-state index contributed by atoms with van der Waals surface area (Å²) in [5.74, 6) is -0.810. The fraction of sp³-hybridized carbons (Fsp3) is 0.400. The molecule has 0 aromatic heterocycles. The molecule has 0 radical (unpaired) electrons. The van der Waals surface area contributed by atoms with E-state index in [4.69, 9.17) is 5.73 Å². The minimum atomic E-state index is -0.732. The predicted molar refractivity (Wildman–Crippen MR) is 85.2 cm³/mol. The largest absolute Gasteiger partial charge is 0.392 e. The lowest BCUT2D eigenvalue weighted by Crippen LogP contribution is -2.44. The minimum Gasteiger partial charge on any atom is -0.392 e. The third-order valence-electron chi connectivity index (χ3n) is 3.20. The van der Waals surface area contributed by atoms with Crippen molar-refractivity contribution in [3.8, 4) is 0 Å². The number of hydrogen-bond donors (Lipinski definition) is 4. The summed E-state index contributed by atoms with van der Waals surface area (Å²) >= 11 is 0. The molecule has 0 saturated carbocycles. The summed E-state index contributed by atoms with van der Waals surface area (Å²) in [6.07, 6.45) is 0.677. The second-order valence-corrected chi connectivity index (χ2v) is 5.14. The highest BCUT2D eigenvalue weighted by Gasteiger charge is 2.15. The van der Waals surface area contributed by atoms with Crippen LogP contribution in [0.2, 0.25) is 0 Å². The number of aliphatic hydroxyl groups excluding tert-OH is 1. The first-order valence-corrected chi connectivity index (χ1v) is 7.09. The van der Waals surface area contributed by atoms with E-state index in [1.165, 1.54) is 4.90 Å². The normalized spacial score (nSPS) is 11.5. The number of carbonyl (C=O) groups is 3. The standard InChI is InChI=1S/C15H22N4O4/c1-10(17-14(22)6-16)15(23)18-13-4-3-11(8-20)12(5-13)7-19(2)9-21/h3-5,9-10,20H,6-8,16H2,1-2H3,(H,17,22)(H,18,23). The van der Waals surface area contributed by atoms with Gasteiger partial charge in [0.1, 0.15) is 6.04 Å². The second-order valence-electron chi connectivity index (χ2n) is 5.14. The Kier molecular flexibility index (Phi) is 7.17. The van der Waals surface area contributed by atoms with Crippen LogP contribution >= 0.6 is 0 Å². The van der Waals surface area contributed by atoms with Gasteiger partial charge in [0.25, 0.3) is 0 Å². The zero-order valence-corrected chi connectivity index (χ0v) is 13.2. The molecule has 0 aliphatic heterocycles. The number of hydrogen-bond acceptors (Lipinski definition) is 5. The van der Waals surface area contributed by atoms with Crippen molar-refractivity contribution >= 4 is 23.9 Å². The maximum atomic E-state index is 12.0.